The molecule has 0 unspecified atom stereocenters. The smallest absolute Gasteiger partial charge is 0.231 e. The molecule has 36 heavy (non-hydrogen) atoms. The van der Waals surface area contributed by atoms with E-state index in [4.69, 9.17) is 32.6 Å². The van der Waals surface area contributed by atoms with Crippen LogP contribution in [0.3, 0.4) is 0 Å². The summed E-state index contributed by atoms with van der Waals surface area (Å²) in [6.07, 6.45) is 0. The van der Waals surface area contributed by atoms with E-state index in [1.165, 1.54) is 26.0 Å². The van der Waals surface area contributed by atoms with Crippen molar-refractivity contribution in [3.8, 4) is 39.8 Å². The molecule has 0 saturated heterocycles. The van der Waals surface area contributed by atoms with Crippen LogP contribution in [0.4, 0.5) is 0 Å². The van der Waals surface area contributed by atoms with Crippen LogP contribution in [0.2, 0.25) is 10.0 Å². The molecule has 2 aromatic carbocycles. The fraction of sp³-hybridized carbons (Fsp3) is 0.111. The maximum atomic E-state index is 13.2. The molecule has 3 N–H and O–H groups in total. The highest BCUT2D eigenvalue weighted by Crippen LogP contribution is 2.42. The predicted molar refractivity (Wildman–Crippen MR) is 138 cm³/mol. The van der Waals surface area contributed by atoms with E-state index in [2.05, 4.69) is 0 Å². The van der Waals surface area contributed by atoms with E-state index >= 15 is 0 Å². The van der Waals surface area contributed by atoms with Gasteiger partial charge < -0.3 is 19.7 Å². The fourth-order valence-electron chi connectivity index (χ4n) is 4.02. The third-order valence-corrected chi connectivity index (χ3v) is 6.35. The second-order valence-electron chi connectivity index (χ2n) is 8.78. The molecule has 3 aromatic heterocycles. The van der Waals surface area contributed by atoms with Crippen molar-refractivity contribution < 1.29 is 24.5 Å². The molecule has 0 spiro atoms. The van der Waals surface area contributed by atoms with Gasteiger partial charge in [-0.1, -0.05) is 53.5 Å². The number of aromatic hydroxyl groups is 2. The lowest BCUT2D eigenvalue weighted by atomic mass is 9.97. The molecule has 182 valence electrons. The number of benzene rings is 2. The number of carbonyl (C=O) groups is 1. The maximum absolute atomic E-state index is 13.2. The average molecular weight is 523 g/mol. The van der Waals surface area contributed by atoms with Crippen molar-refractivity contribution in [1.82, 2.24) is 9.55 Å². The van der Waals surface area contributed by atoms with Gasteiger partial charge in [0.2, 0.25) is 11.5 Å². The lowest BCUT2D eigenvalue weighted by Gasteiger charge is -2.15. The molecule has 0 aliphatic heterocycles. The minimum Gasteiger partial charge on any atom is -0.494 e. The van der Waals surface area contributed by atoms with Crippen LogP contribution < -0.4 is 0 Å². The second kappa shape index (κ2) is 8.71. The number of hydrogen-bond acceptors (Lipinski definition) is 6. The Morgan fingerprint density at radius 1 is 0.944 bits per heavy atom. The van der Waals surface area contributed by atoms with Crippen LogP contribution in [0.25, 0.3) is 39.2 Å². The van der Waals surface area contributed by atoms with E-state index in [-0.39, 0.29) is 28.9 Å². The molecular weight excluding hydrogens is 503 g/mol. The Bertz CT molecular complexity index is 1610. The number of pyridine rings is 1. The number of ketones is 1. The highest BCUT2D eigenvalue weighted by Gasteiger charge is 2.35. The molecule has 0 aliphatic rings. The number of nitrogens with zero attached hydrogens (tertiary/aromatic N) is 2. The number of fused-ring (bicyclic) bond motifs is 1. The minimum absolute atomic E-state index is 0.0468. The van der Waals surface area contributed by atoms with Gasteiger partial charge in [0.15, 0.2) is 17.5 Å². The summed E-state index contributed by atoms with van der Waals surface area (Å²) in [6.45, 7) is 2.65. The van der Waals surface area contributed by atoms with Crippen LogP contribution >= 0.6 is 23.2 Å². The average Bonchev–Trinajstić information content (AvgIpc) is 3.36. The first-order chi connectivity index (χ1) is 17.1. The van der Waals surface area contributed by atoms with Crippen molar-refractivity contribution in [2.45, 2.75) is 19.4 Å². The zero-order valence-corrected chi connectivity index (χ0v) is 20.7. The molecule has 0 atom stereocenters. The van der Waals surface area contributed by atoms with Crippen LogP contribution in [-0.4, -0.2) is 36.3 Å². The van der Waals surface area contributed by atoms with Crippen molar-refractivity contribution in [3.05, 3.63) is 82.5 Å². The summed E-state index contributed by atoms with van der Waals surface area (Å²) in [7, 11) is 0. The van der Waals surface area contributed by atoms with Gasteiger partial charge in [-0.05, 0) is 43.7 Å². The molecule has 0 amide bonds. The summed E-state index contributed by atoms with van der Waals surface area (Å²) >= 11 is 12.6. The highest BCUT2D eigenvalue weighted by molar-refractivity contribution is 6.33. The molecule has 3 heterocycles. The molecule has 0 aliphatic carbocycles. The standard InChI is InChI=1S/C27H20Cl2N2O5/c1-27(2,35)25(34)24-23(31-20(32)11-12-21(31)33)18-13-17(14-7-9-15(28)10-8-14)22(30-26(18)36-24)16-5-3-4-6-19(16)29/h3-13,32-33,35H,1-2H3. The van der Waals surface area contributed by atoms with Crippen LogP contribution in [0.5, 0.6) is 11.8 Å². The summed E-state index contributed by atoms with van der Waals surface area (Å²) in [5.74, 6) is -1.69. The molecule has 5 aromatic rings. The summed E-state index contributed by atoms with van der Waals surface area (Å²) in [6, 6.07) is 18.6. The van der Waals surface area contributed by atoms with E-state index in [0.717, 1.165) is 10.1 Å². The number of Topliss-reactive ketones (excluding diaryl/α,β-unsaturated/α-hetero) is 1. The molecule has 9 heteroatoms. The van der Waals surface area contributed by atoms with E-state index in [1.54, 1.807) is 30.3 Å². The number of halogens is 2. The van der Waals surface area contributed by atoms with Gasteiger partial charge in [-0.15, -0.1) is 0 Å². The van der Waals surface area contributed by atoms with Crippen LogP contribution in [0.15, 0.2) is 71.1 Å². The summed E-state index contributed by atoms with van der Waals surface area (Å²) in [5.41, 5.74) is 0.814. The van der Waals surface area contributed by atoms with Gasteiger partial charge in [-0.2, -0.15) is 0 Å². The highest BCUT2D eigenvalue weighted by atomic mass is 35.5. The number of rotatable bonds is 5. The van der Waals surface area contributed by atoms with Crippen LogP contribution in [0.1, 0.15) is 24.4 Å². The number of furan rings is 1. The van der Waals surface area contributed by atoms with E-state index in [1.807, 2.05) is 24.3 Å². The molecule has 0 saturated carbocycles. The maximum Gasteiger partial charge on any atom is 0.231 e. The monoisotopic (exact) mass is 522 g/mol. The lowest BCUT2D eigenvalue weighted by Crippen LogP contribution is -2.31. The van der Waals surface area contributed by atoms with Crippen molar-refractivity contribution in [3.63, 3.8) is 0 Å². The van der Waals surface area contributed by atoms with Crippen LogP contribution in [-0.2, 0) is 0 Å². The summed E-state index contributed by atoms with van der Waals surface area (Å²) in [4.78, 5) is 17.9. The third-order valence-electron chi connectivity index (χ3n) is 5.77. The topological polar surface area (TPSA) is 109 Å². The van der Waals surface area contributed by atoms with Gasteiger partial charge in [0, 0.05) is 33.3 Å². The Hall–Kier alpha value is -3.78. The van der Waals surface area contributed by atoms with Crippen molar-refractivity contribution >= 4 is 40.1 Å². The zero-order valence-electron chi connectivity index (χ0n) is 19.2. The lowest BCUT2D eigenvalue weighted by molar-refractivity contribution is 0.0461. The molecule has 0 bridgehead atoms. The molecule has 5 rings (SSSR count). The predicted octanol–water partition coefficient (Wildman–Crippen LogP) is 6.62. The summed E-state index contributed by atoms with van der Waals surface area (Å²) < 4.78 is 6.97. The Balaban J connectivity index is 1.92. The first-order valence-electron chi connectivity index (χ1n) is 10.9. The Morgan fingerprint density at radius 2 is 1.58 bits per heavy atom. The fourth-order valence-corrected chi connectivity index (χ4v) is 4.37. The summed E-state index contributed by atoms with van der Waals surface area (Å²) in [5, 5.41) is 32.8. The largest absolute Gasteiger partial charge is 0.494 e. The van der Waals surface area contributed by atoms with E-state index in [0.29, 0.717) is 32.3 Å². The van der Waals surface area contributed by atoms with Crippen molar-refractivity contribution in [2.24, 2.45) is 0 Å². The normalized spacial score (nSPS) is 11.8. The second-order valence-corrected chi connectivity index (χ2v) is 9.62. The molecule has 0 radical (unpaired) electrons. The Morgan fingerprint density at radius 3 is 2.19 bits per heavy atom. The van der Waals surface area contributed by atoms with Crippen LogP contribution in [0, 0.1) is 0 Å². The van der Waals surface area contributed by atoms with Gasteiger partial charge in [-0.25, -0.2) is 9.55 Å². The minimum atomic E-state index is -1.80. The first-order valence-corrected chi connectivity index (χ1v) is 11.7. The molecular formula is C27H20Cl2N2O5. The molecule has 7 nitrogen and oxygen atoms in total. The third kappa shape index (κ3) is 4.01. The first kappa shape index (κ1) is 23.9. The Kier molecular flexibility index (Phi) is 5.79. The van der Waals surface area contributed by atoms with E-state index in [9.17, 15) is 20.1 Å². The van der Waals surface area contributed by atoms with Gasteiger partial charge in [0.1, 0.15) is 11.3 Å². The zero-order chi connectivity index (χ0) is 25.8. The van der Waals surface area contributed by atoms with Crippen molar-refractivity contribution in [1.29, 1.82) is 0 Å². The number of hydrogen-bond donors (Lipinski definition) is 3. The van der Waals surface area contributed by atoms with E-state index < -0.39 is 11.4 Å². The van der Waals surface area contributed by atoms with Gasteiger partial charge in [0.05, 0.1) is 11.1 Å². The number of aromatic nitrogens is 2. The van der Waals surface area contributed by atoms with Gasteiger partial charge in [-0.3, -0.25) is 4.79 Å². The quantitative estimate of drug-likeness (QED) is 0.223. The number of carbonyl (C=O) groups excluding carboxylic acids is 1. The van der Waals surface area contributed by atoms with Gasteiger partial charge >= 0.3 is 0 Å². The van der Waals surface area contributed by atoms with Crippen molar-refractivity contribution in [2.75, 3.05) is 0 Å². The SMILES string of the molecule is CC(C)(O)C(=O)c1oc2nc(-c3ccccc3Cl)c(-c3ccc(Cl)cc3)cc2c1-n1c(O)ccc1O. The number of aliphatic hydroxyl groups is 1. The van der Waals surface area contributed by atoms with Gasteiger partial charge in [0.25, 0.3) is 0 Å². The molecule has 0 fully saturated rings. The Labute approximate surface area is 215 Å².